The first kappa shape index (κ1) is 18.3. The average molecular weight is 396 g/mol. The van der Waals surface area contributed by atoms with Crippen molar-refractivity contribution in [3.05, 3.63) is 51.1 Å². The molecule has 4 rings (SSSR count). The van der Waals surface area contributed by atoms with E-state index in [9.17, 15) is 4.79 Å². The number of hydrogen-bond donors (Lipinski definition) is 0. The minimum absolute atomic E-state index is 0.0603. The number of nitrogens with zero attached hydrogens (tertiary/aromatic N) is 3. The molecule has 2 aromatic heterocycles. The third-order valence-electron chi connectivity index (χ3n) is 4.89. The van der Waals surface area contributed by atoms with Gasteiger partial charge in [-0.3, -0.25) is 9.36 Å². The molecule has 138 valence electrons. The van der Waals surface area contributed by atoms with Gasteiger partial charge < -0.3 is 0 Å². The lowest BCUT2D eigenvalue weighted by Gasteiger charge is -2.13. The molecule has 4 nitrogen and oxygen atoms in total. The number of thiophene rings is 1. The first-order valence-electron chi connectivity index (χ1n) is 9.42. The van der Waals surface area contributed by atoms with E-state index in [4.69, 9.17) is 10.2 Å². The second-order valence-electron chi connectivity index (χ2n) is 6.73. The summed E-state index contributed by atoms with van der Waals surface area (Å²) in [7, 11) is 0. The van der Waals surface area contributed by atoms with Crippen LogP contribution in [0.15, 0.2) is 40.3 Å². The second kappa shape index (κ2) is 8.28. The summed E-state index contributed by atoms with van der Waals surface area (Å²) in [6, 6.07) is 12.0. The molecule has 1 aliphatic carbocycles. The Kier molecular flexibility index (Phi) is 5.61. The highest BCUT2D eigenvalue weighted by molar-refractivity contribution is 7.99. The summed E-state index contributed by atoms with van der Waals surface area (Å²) < 4.78 is 1.78. The first-order valence-corrected chi connectivity index (χ1v) is 11.2. The topological polar surface area (TPSA) is 58.7 Å². The van der Waals surface area contributed by atoms with Gasteiger partial charge in [-0.05, 0) is 56.2 Å². The highest BCUT2D eigenvalue weighted by Gasteiger charge is 2.22. The second-order valence-corrected chi connectivity index (χ2v) is 8.87. The van der Waals surface area contributed by atoms with E-state index >= 15 is 0 Å². The van der Waals surface area contributed by atoms with Crippen LogP contribution in [0.1, 0.15) is 42.5 Å². The first-order chi connectivity index (χ1) is 13.3. The van der Waals surface area contributed by atoms with Crippen molar-refractivity contribution in [2.75, 3.05) is 5.75 Å². The molecule has 0 radical (unpaired) electrons. The molecule has 0 aliphatic heterocycles. The number of benzene rings is 1. The number of fused-ring (bicyclic) bond motifs is 3. The van der Waals surface area contributed by atoms with Gasteiger partial charge in [-0.25, -0.2) is 4.98 Å². The number of hydrogen-bond acceptors (Lipinski definition) is 5. The lowest BCUT2D eigenvalue weighted by atomic mass is 9.97. The fourth-order valence-corrected chi connectivity index (χ4v) is 5.87. The number of aromatic nitrogens is 2. The Balaban J connectivity index is 1.80. The van der Waals surface area contributed by atoms with E-state index in [-0.39, 0.29) is 5.56 Å². The van der Waals surface area contributed by atoms with Crippen molar-refractivity contribution >= 4 is 33.3 Å². The zero-order chi connectivity index (χ0) is 18.6. The molecule has 6 heteroatoms. The maximum Gasteiger partial charge on any atom is 0.267 e. The van der Waals surface area contributed by atoms with Gasteiger partial charge >= 0.3 is 0 Å². The van der Waals surface area contributed by atoms with Crippen LogP contribution in [0.25, 0.3) is 15.9 Å². The Morgan fingerprint density at radius 2 is 2.00 bits per heavy atom. The van der Waals surface area contributed by atoms with Gasteiger partial charge in [-0.1, -0.05) is 30.0 Å². The van der Waals surface area contributed by atoms with E-state index < -0.39 is 0 Å². The van der Waals surface area contributed by atoms with E-state index in [0.29, 0.717) is 6.42 Å². The van der Waals surface area contributed by atoms with Crippen molar-refractivity contribution in [1.29, 1.82) is 5.26 Å². The van der Waals surface area contributed by atoms with E-state index in [1.54, 1.807) is 27.7 Å². The van der Waals surface area contributed by atoms with E-state index in [1.807, 2.05) is 30.3 Å². The highest BCUT2D eigenvalue weighted by Crippen LogP contribution is 2.35. The molecule has 0 spiro atoms. The van der Waals surface area contributed by atoms with Crippen LogP contribution < -0.4 is 5.56 Å². The third-order valence-corrected chi connectivity index (χ3v) is 7.10. The Bertz CT molecular complexity index is 1050. The molecule has 3 aromatic rings. The SMILES string of the molecule is N#CCCCCSc1nc2sc3c(c2c(=O)n1-c1ccccc1)CCCC3. The van der Waals surface area contributed by atoms with E-state index in [1.165, 1.54) is 16.9 Å². The average Bonchev–Trinajstić information content (AvgIpc) is 3.07. The molecule has 1 aromatic carbocycles. The number of nitriles is 1. The quantitative estimate of drug-likeness (QED) is 0.330. The molecule has 0 amide bonds. The fourth-order valence-electron chi connectivity index (χ4n) is 3.56. The van der Waals surface area contributed by atoms with Crippen LogP contribution in [-0.2, 0) is 12.8 Å². The number of aryl methyl sites for hydroxylation is 2. The maximum atomic E-state index is 13.5. The number of rotatable bonds is 6. The summed E-state index contributed by atoms with van der Waals surface area (Å²) in [5.74, 6) is 0.859. The van der Waals surface area contributed by atoms with Gasteiger partial charge in [0.2, 0.25) is 0 Å². The maximum absolute atomic E-state index is 13.5. The number of para-hydroxylation sites is 1. The molecule has 27 heavy (non-hydrogen) atoms. The van der Waals surface area contributed by atoms with Crippen LogP contribution in [0.2, 0.25) is 0 Å². The predicted octanol–water partition coefficient (Wildman–Crippen LogP) is 5.11. The summed E-state index contributed by atoms with van der Waals surface area (Å²) in [5, 5.41) is 10.3. The summed E-state index contributed by atoms with van der Waals surface area (Å²) in [6.45, 7) is 0. The predicted molar refractivity (Wildman–Crippen MR) is 112 cm³/mol. The summed E-state index contributed by atoms with van der Waals surface area (Å²) in [6.07, 6.45) is 6.82. The molecule has 0 N–H and O–H groups in total. The van der Waals surface area contributed by atoms with Gasteiger partial charge in [0.25, 0.3) is 5.56 Å². The monoisotopic (exact) mass is 395 g/mol. The Morgan fingerprint density at radius 3 is 2.81 bits per heavy atom. The van der Waals surface area contributed by atoms with Crippen LogP contribution in [0.5, 0.6) is 0 Å². The molecular weight excluding hydrogens is 374 g/mol. The molecule has 2 heterocycles. The van der Waals surface area contributed by atoms with Crippen LogP contribution in [-0.4, -0.2) is 15.3 Å². The number of unbranched alkanes of at least 4 members (excludes halogenated alkanes) is 2. The molecule has 0 atom stereocenters. The van der Waals surface area contributed by atoms with Crippen LogP contribution in [0, 0.1) is 11.3 Å². The fraction of sp³-hybridized carbons (Fsp3) is 0.381. The van der Waals surface area contributed by atoms with Gasteiger partial charge in [0.1, 0.15) is 4.83 Å². The lowest BCUT2D eigenvalue weighted by Crippen LogP contribution is -2.22. The summed E-state index contributed by atoms with van der Waals surface area (Å²) in [5.41, 5.74) is 2.16. The summed E-state index contributed by atoms with van der Waals surface area (Å²) in [4.78, 5) is 20.6. The van der Waals surface area contributed by atoms with Crippen LogP contribution in [0.4, 0.5) is 0 Å². The molecule has 0 fully saturated rings. The van der Waals surface area contributed by atoms with Gasteiger partial charge in [0.05, 0.1) is 17.1 Å². The molecule has 1 aliphatic rings. The molecule has 0 bridgehead atoms. The van der Waals surface area contributed by atoms with Crippen molar-refractivity contribution in [3.63, 3.8) is 0 Å². The van der Waals surface area contributed by atoms with Crippen LogP contribution in [0.3, 0.4) is 0 Å². The van der Waals surface area contributed by atoms with E-state index in [0.717, 1.165) is 58.9 Å². The molecule has 0 unspecified atom stereocenters. The van der Waals surface area contributed by atoms with E-state index in [2.05, 4.69) is 6.07 Å². The highest BCUT2D eigenvalue weighted by atomic mass is 32.2. The lowest BCUT2D eigenvalue weighted by molar-refractivity contribution is 0.699. The van der Waals surface area contributed by atoms with Gasteiger partial charge in [-0.2, -0.15) is 5.26 Å². The normalized spacial score (nSPS) is 13.4. The van der Waals surface area contributed by atoms with Crippen molar-refractivity contribution in [1.82, 2.24) is 9.55 Å². The van der Waals surface area contributed by atoms with Crippen molar-refractivity contribution in [2.45, 2.75) is 50.1 Å². The smallest absolute Gasteiger partial charge is 0.267 e. The molecular formula is C21H21N3OS2. The zero-order valence-electron chi connectivity index (χ0n) is 15.1. The summed E-state index contributed by atoms with van der Waals surface area (Å²) >= 11 is 3.31. The van der Waals surface area contributed by atoms with Crippen molar-refractivity contribution in [3.8, 4) is 11.8 Å². The van der Waals surface area contributed by atoms with Crippen LogP contribution >= 0.6 is 23.1 Å². The Labute approximate surface area is 166 Å². The minimum atomic E-state index is 0.0603. The number of thioether (sulfide) groups is 1. The Morgan fingerprint density at radius 1 is 1.19 bits per heavy atom. The minimum Gasteiger partial charge on any atom is -0.268 e. The molecule has 0 saturated carbocycles. The zero-order valence-corrected chi connectivity index (χ0v) is 16.7. The van der Waals surface area contributed by atoms with Gasteiger partial charge in [-0.15, -0.1) is 11.3 Å². The van der Waals surface area contributed by atoms with Gasteiger partial charge in [0, 0.05) is 17.1 Å². The molecule has 0 saturated heterocycles. The van der Waals surface area contributed by atoms with Crippen molar-refractivity contribution in [2.24, 2.45) is 0 Å². The third kappa shape index (κ3) is 3.67. The Hall–Kier alpha value is -2.10. The van der Waals surface area contributed by atoms with Gasteiger partial charge in [0.15, 0.2) is 5.16 Å². The largest absolute Gasteiger partial charge is 0.268 e. The van der Waals surface area contributed by atoms with Crippen molar-refractivity contribution < 1.29 is 0 Å². The standard InChI is InChI=1S/C21H21N3OS2/c22-13-7-2-8-14-26-21-23-19-18(16-11-5-6-12-17(16)27-19)20(25)24(21)15-9-3-1-4-10-15/h1,3-4,9-10H,2,5-8,11-12,14H2.